The van der Waals surface area contributed by atoms with Crippen molar-refractivity contribution in [2.45, 2.75) is 12.8 Å². The van der Waals surface area contributed by atoms with Gasteiger partial charge in [-0.2, -0.15) is 5.26 Å². The number of nitriles is 1. The Hall–Kier alpha value is -1.29. The summed E-state index contributed by atoms with van der Waals surface area (Å²) < 4.78 is 22.2. The van der Waals surface area contributed by atoms with Gasteiger partial charge < -0.3 is 4.90 Å². The lowest BCUT2D eigenvalue weighted by atomic mass is 9.98. The van der Waals surface area contributed by atoms with Gasteiger partial charge in [-0.05, 0) is 37.0 Å². The van der Waals surface area contributed by atoms with Crippen LogP contribution in [0, 0.1) is 17.2 Å². The highest BCUT2D eigenvalue weighted by molar-refractivity contribution is 7.89. The molecule has 1 aromatic carbocycles. The number of benzene rings is 1. The highest BCUT2D eigenvalue weighted by Crippen LogP contribution is 2.28. The zero-order valence-corrected chi connectivity index (χ0v) is 12.5. The Morgan fingerprint density at radius 1 is 1.40 bits per heavy atom. The molecular formula is C13H16ClN3O2S. The van der Waals surface area contributed by atoms with Crippen molar-refractivity contribution in [3.05, 3.63) is 28.8 Å². The summed E-state index contributed by atoms with van der Waals surface area (Å²) in [6.45, 7) is 1.44. The maximum Gasteiger partial charge on any atom is 0.209 e. The van der Waals surface area contributed by atoms with E-state index in [-0.39, 0.29) is 11.7 Å². The molecular weight excluding hydrogens is 298 g/mol. The third-order valence-corrected chi connectivity index (χ3v) is 4.67. The number of sulfonamides is 1. The first-order valence-corrected chi connectivity index (χ1v) is 8.43. The molecule has 0 aliphatic carbocycles. The molecule has 0 unspecified atom stereocenters. The standard InChI is InChI=1S/C13H16ClN3O2S/c14-12-1-2-13(11(7-12)8-15)17-5-3-10(4-6-17)9-20(16,18)19/h1-2,7,10H,3-6,9H2,(H2,16,18,19). The van der Waals surface area contributed by atoms with E-state index < -0.39 is 10.0 Å². The highest BCUT2D eigenvalue weighted by Gasteiger charge is 2.24. The van der Waals surface area contributed by atoms with Gasteiger partial charge in [0.2, 0.25) is 10.0 Å². The van der Waals surface area contributed by atoms with Crippen LogP contribution in [0.3, 0.4) is 0 Å². The summed E-state index contributed by atoms with van der Waals surface area (Å²) in [5.74, 6) is 0.131. The van der Waals surface area contributed by atoms with Crippen LogP contribution in [0.15, 0.2) is 18.2 Å². The number of piperidine rings is 1. The molecule has 1 fully saturated rings. The second kappa shape index (κ2) is 6.00. The second-order valence-electron chi connectivity index (χ2n) is 5.03. The third kappa shape index (κ3) is 3.85. The third-order valence-electron chi connectivity index (χ3n) is 3.50. The smallest absolute Gasteiger partial charge is 0.209 e. The Kier molecular flexibility index (Phi) is 4.53. The van der Waals surface area contributed by atoms with Gasteiger partial charge in [0.15, 0.2) is 0 Å². The molecule has 0 radical (unpaired) electrons. The lowest BCUT2D eigenvalue weighted by Gasteiger charge is -2.33. The van der Waals surface area contributed by atoms with Crippen LogP contribution in [-0.2, 0) is 10.0 Å². The molecule has 1 aliphatic heterocycles. The zero-order chi connectivity index (χ0) is 14.8. The molecule has 0 bridgehead atoms. The van der Waals surface area contributed by atoms with Gasteiger partial charge in [-0.1, -0.05) is 11.6 Å². The summed E-state index contributed by atoms with van der Waals surface area (Å²) in [6.07, 6.45) is 1.51. The van der Waals surface area contributed by atoms with Crippen LogP contribution in [-0.4, -0.2) is 27.3 Å². The van der Waals surface area contributed by atoms with Gasteiger partial charge in [0.25, 0.3) is 0 Å². The van der Waals surface area contributed by atoms with Crippen molar-refractivity contribution >= 4 is 27.3 Å². The largest absolute Gasteiger partial charge is 0.370 e. The minimum Gasteiger partial charge on any atom is -0.370 e. The fourth-order valence-electron chi connectivity index (χ4n) is 2.54. The van der Waals surface area contributed by atoms with Crippen molar-refractivity contribution in [1.82, 2.24) is 0 Å². The molecule has 7 heteroatoms. The molecule has 2 rings (SSSR count). The Morgan fingerprint density at radius 2 is 2.05 bits per heavy atom. The van der Waals surface area contributed by atoms with E-state index in [4.69, 9.17) is 22.0 Å². The summed E-state index contributed by atoms with van der Waals surface area (Å²) in [5.41, 5.74) is 1.40. The highest BCUT2D eigenvalue weighted by atomic mass is 35.5. The van der Waals surface area contributed by atoms with Crippen molar-refractivity contribution in [1.29, 1.82) is 5.26 Å². The molecule has 1 saturated heterocycles. The van der Waals surface area contributed by atoms with Crippen molar-refractivity contribution in [2.75, 3.05) is 23.7 Å². The lowest BCUT2D eigenvalue weighted by molar-refractivity contribution is 0.436. The quantitative estimate of drug-likeness (QED) is 0.920. The number of anilines is 1. The number of nitrogens with two attached hydrogens (primary N) is 1. The minimum absolute atomic E-state index is 0.0343. The van der Waals surface area contributed by atoms with Gasteiger partial charge in [-0.15, -0.1) is 0 Å². The number of halogens is 1. The van der Waals surface area contributed by atoms with Crippen molar-refractivity contribution in [2.24, 2.45) is 11.1 Å². The molecule has 0 aromatic heterocycles. The summed E-state index contributed by atoms with van der Waals surface area (Å²) in [6, 6.07) is 7.38. The summed E-state index contributed by atoms with van der Waals surface area (Å²) in [5, 5.41) is 14.8. The van der Waals surface area contributed by atoms with Crippen LogP contribution in [0.5, 0.6) is 0 Å². The van der Waals surface area contributed by atoms with Gasteiger partial charge in [-0.25, -0.2) is 13.6 Å². The van der Waals surface area contributed by atoms with Gasteiger partial charge in [0.05, 0.1) is 17.0 Å². The lowest BCUT2D eigenvalue weighted by Crippen LogP contribution is -2.37. The van der Waals surface area contributed by atoms with Crippen LogP contribution >= 0.6 is 11.6 Å². The van der Waals surface area contributed by atoms with Gasteiger partial charge in [-0.3, -0.25) is 0 Å². The molecule has 1 heterocycles. The van der Waals surface area contributed by atoms with Crippen LogP contribution in [0.1, 0.15) is 18.4 Å². The second-order valence-corrected chi connectivity index (χ2v) is 7.13. The van der Waals surface area contributed by atoms with Crippen molar-refractivity contribution < 1.29 is 8.42 Å². The first-order chi connectivity index (χ1) is 9.39. The van der Waals surface area contributed by atoms with E-state index in [0.717, 1.165) is 31.6 Å². The topological polar surface area (TPSA) is 87.2 Å². The maximum absolute atomic E-state index is 11.1. The number of rotatable bonds is 3. The summed E-state index contributed by atoms with van der Waals surface area (Å²) in [7, 11) is -3.41. The molecule has 0 amide bonds. The molecule has 0 atom stereocenters. The van der Waals surface area contributed by atoms with E-state index in [1.807, 2.05) is 6.07 Å². The number of hydrogen-bond donors (Lipinski definition) is 1. The van der Waals surface area contributed by atoms with Crippen molar-refractivity contribution in [3.63, 3.8) is 0 Å². The normalized spacial score (nSPS) is 16.9. The molecule has 5 nitrogen and oxygen atoms in total. The summed E-state index contributed by atoms with van der Waals surface area (Å²) in [4.78, 5) is 2.09. The van der Waals surface area contributed by atoms with Gasteiger partial charge in [0.1, 0.15) is 6.07 Å². The van der Waals surface area contributed by atoms with Gasteiger partial charge in [0, 0.05) is 18.1 Å². The SMILES string of the molecule is N#Cc1cc(Cl)ccc1N1CCC(CS(N)(=O)=O)CC1. The zero-order valence-electron chi connectivity index (χ0n) is 10.9. The fraction of sp³-hybridized carbons (Fsp3) is 0.462. The van der Waals surface area contributed by atoms with Crippen molar-refractivity contribution in [3.8, 4) is 6.07 Å². The predicted molar refractivity (Wildman–Crippen MR) is 79.1 cm³/mol. The first-order valence-electron chi connectivity index (χ1n) is 6.34. The number of hydrogen-bond acceptors (Lipinski definition) is 4. The van der Waals surface area contributed by atoms with Crippen LogP contribution in [0.25, 0.3) is 0 Å². The molecule has 0 spiro atoms. The van der Waals surface area contributed by atoms with Crippen LogP contribution in [0.2, 0.25) is 5.02 Å². The van der Waals surface area contributed by atoms with E-state index in [9.17, 15) is 8.42 Å². The van der Waals surface area contributed by atoms with Crippen LogP contribution < -0.4 is 10.0 Å². The molecule has 1 aliphatic rings. The average Bonchev–Trinajstić information content (AvgIpc) is 2.38. The fourth-order valence-corrected chi connectivity index (χ4v) is 3.71. The van der Waals surface area contributed by atoms with Crippen LogP contribution in [0.4, 0.5) is 5.69 Å². The average molecular weight is 314 g/mol. The van der Waals surface area contributed by atoms with E-state index in [1.165, 1.54) is 0 Å². The first kappa shape index (κ1) is 15.1. The Labute approximate surface area is 124 Å². The Bertz CT molecular complexity index is 632. The van der Waals surface area contributed by atoms with Gasteiger partial charge >= 0.3 is 0 Å². The molecule has 0 saturated carbocycles. The van der Waals surface area contributed by atoms with E-state index in [2.05, 4.69) is 11.0 Å². The van der Waals surface area contributed by atoms with E-state index >= 15 is 0 Å². The number of nitrogens with zero attached hydrogens (tertiary/aromatic N) is 2. The Morgan fingerprint density at radius 3 is 2.60 bits per heavy atom. The van der Waals surface area contributed by atoms with E-state index in [0.29, 0.717) is 10.6 Å². The molecule has 1 aromatic rings. The monoisotopic (exact) mass is 313 g/mol. The Balaban J connectivity index is 2.06. The molecule has 108 valence electrons. The molecule has 2 N–H and O–H groups in total. The molecule has 20 heavy (non-hydrogen) atoms. The maximum atomic E-state index is 11.1. The number of primary sulfonamides is 1. The van der Waals surface area contributed by atoms with E-state index in [1.54, 1.807) is 12.1 Å². The minimum atomic E-state index is -3.41. The predicted octanol–water partition coefficient (Wildman–Crippen LogP) is 1.72. The summed E-state index contributed by atoms with van der Waals surface area (Å²) >= 11 is 5.88.